The molecule has 1 aromatic heterocycles. The molecule has 2 aliphatic rings. The van der Waals surface area contributed by atoms with Gasteiger partial charge in [-0.05, 0) is 49.2 Å². The number of hydrogen-bond donors (Lipinski definition) is 1. The first-order chi connectivity index (χ1) is 12.7. The molecule has 2 fully saturated rings. The Labute approximate surface area is 154 Å². The maximum absolute atomic E-state index is 12.4. The Morgan fingerprint density at radius 2 is 2.19 bits per heavy atom. The predicted molar refractivity (Wildman–Crippen MR) is 100 cm³/mol. The highest BCUT2D eigenvalue weighted by Crippen LogP contribution is 2.35. The number of rotatable bonds is 5. The fraction of sp³-hybridized carbons (Fsp3) is 0.500. The molecule has 4 rings (SSSR count). The predicted octanol–water partition coefficient (Wildman–Crippen LogP) is 2.02. The van der Waals surface area contributed by atoms with Gasteiger partial charge in [0.15, 0.2) is 0 Å². The number of likely N-dealkylation sites (tertiary alicyclic amines) is 1. The molecule has 0 bridgehead atoms. The minimum absolute atomic E-state index is 0.301. The third-order valence-electron chi connectivity index (χ3n) is 5.65. The quantitative estimate of drug-likeness (QED) is 0.892. The highest BCUT2D eigenvalue weighted by molar-refractivity contribution is 5.78. The summed E-state index contributed by atoms with van der Waals surface area (Å²) >= 11 is 0. The third-order valence-corrected chi connectivity index (χ3v) is 5.65. The summed E-state index contributed by atoms with van der Waals surface area (Å²) in [4.78, 5) is 14.4. The monoisotopic (exact) mass is 354 g/mol. The van der Waals surface area contributed by atoms with Gasteiger partial charge in [0.05, 0.1) is 12.8 Å². The lowest BCUT2D eigenvalue weighted by Gasteiger charge is -2.40. The molecule has 26 heavy (non-hydrogen) atoms. The zero-order valence-electron chi connectivity index (χ0n) is 15.4. The van der Waals surface area contributed by atoms with Crippen molar-refractivity contribution in [3.8, 4) is 17.0 Å². The Kier molecular flexibility index (Phi) is 4.68. The Balaban J connectivity index is 1.44. The van der Waals surface area contributed by atoms with Crippen molar-refractivity contribution in [1.29, 1.82) is 0 Å². The van der Waals surface area contributed by atoms with Crippen LogP contribution < -0.4 is 10.1 Å². The number of nitrogens with one attached hydrogen (secondary N) is 1. The largest absolute Gasteiger partial charge is 0.496 e. The second-order valence-electron chi connectivity index (χ2n) is 7.36. The average Bonchev–Trinajstić information content (AvgIpc) is 3.25. The van der Waals surface area contributed by atoms with Gasteiger partial charge < -0.3 is 15.0 Å². The van der Waals surface area contributed by atoms with Gasteiger partial charge in [0.2, 0.25) is 5.91 Å². The normalized spacial score (nSPS) is 20.2. The van der Waals surface area contributed by atoms with Crippen LogP contribution in [0.2, 0.25) is 0 Å². The minimum Gasteiger partial charge on any atom is -0.496 e. The molecule has 1 unspecified atom stereocenters. The Morgan fingerprint density at radius 3 is 2.85 bits per heavy atom. The van der Waals surface area contributed by atoms with E-state index in [0.717, 1.165) is 49.6 Å². The van der Waals surface area contributed by atoms with Crippen LogP contribution in [0.3, 0.4) is 0 Å². The summed E-state index contributed by atoms with van der Waals surface area (Å²) in [6, 6.07) is 8.31. The van der Waals surface area contributed by atoms with Crippen LogP contribution >= 0.6 is 0 Å². The summed E-state index contributed by atoms with van der Waals surface area (Å²) < 4.78 is 7.39. The first-order valence-electron chi connectivity index (χ1n) is 9.30. The van der Waals surface area contributed by atoms with Gasteiger partial charge in [-0.1, -0.05) is 6.07 Å². The van der Waals surface area contributed by atoms with E-state index in [1.807, 2.05) is 28.8 Å². The van der Waals surface area contributed by atoms with Crippen molar-refractivity contribution in [3.05, 3.63) is 36.0 Å². The standard InChI is InChI=1S/C20H26N4O2/c1-23-18(6-8-22-23)17-10-15(3-4-19(17)26-2)16-12-24(13-16)20(25)9-14-5-7-21-11-14/h3-4,6,8,10,14,16,21H,5,7,9,11-13H2,1-2H3. The number of methoxy groups -OCH3 is 1. The van der Waals surface area contributed by atoms with Gasteiger partial charge >= 0.3 is 0 Å². The van der Waals surface area contributed by atoms with Gasteiger partial charge in [0, 0.05) is 44.2 Å². The molecule has 1 amide bonds. The molecule has 3 heterocycles. The van der Waals surface area contributed by atoms with E-state index in [9.17, 15) is 4.79 Å². The summed E-state index contributed by atoms with van der Waals surface area (Å²) in [5, 5.41) is 7.60. The zero-order chi connectivity index (χ0) is 18.1. The molecule has 0 spiro atoms. The first-order valence-corrected chi connectivity index (χ1v) is 9.30. The summed E-state index contributed by atoms with van der Waals surface area (Å²) in [5.74, 6) is 2.06. The number of carbonyl (C=O) groups excluding carboxylic acids is 1. The lowest BCUT2D eigenvalue weighted by atomic mass is 9.89. The number of nitrogens with zero attached hydrogens (tertiary/aromatic N) is 3. The van der Waals surface area contributed by atoms with Crippen molar-refractivity contribution in [2.24, 2.45) is 13.0 Å². The Morgan fingerprint density at radius 1 is 1.35 bits per heavy atom. The SMILES string of the molecule is COc1ccc(C2CN(C(=O)CC3CCNC3)C2)cc1-c1ccnn1C. The van der Waals surface area contributed by atoms with Gasteiger partial charge in [-0.3, -0.25) is 9.48 Å². The lowest BCUT2D eigenvalue weighted by molar-refractivity contribution is -0.136. The van der Waals surface area contributed by atoms with Gasteiger partial charge in [-0.2, -0.15) is 5.10 Å². The van der Waals surface area contributed by atoms with Crippen molar-refractivity contribution in [2.45, 2.75) is 18.8 Å². The van der Waals surface area contributed by atoms with Crippen LogP contribution in [0.25, 0.3) is 11.3 Å². The average molecular weight is 354 g/mol. The van der Waals surface area contributed by atoms with Gasteiger partial charge in [-0.15, -0.1) is 0 Å². The van der Waals surface area contributed by atoms with E-state index < -0.39 is 0 Å². The third kappa shape index (κ3) is 3.21. The van der Waals surface area contributed by atoms with Crippen LogP contribution in [0.15, 0.2) is 30.5 Å². The van der Waals surface area contributed by atoms with E-state index in [2.05, 4.69) is 22.5 Å². The van der Waals surface area contributed by atoms with Crippen LogP contribution in [0, 0.1) is 5.92 Å². The molecule has 138 valence electrons. The minimum atomic E-state index is 0.301. The molecule has 6 nitrogen and oxygen atoms in total. The highest BCUT2D eigenvalue weighted by atomic mass is 16.5. The van der Waals surface area contributed by atoms with Crippen LogP contribution in [0.1, 0.15) is 24.3 Å². The summed E-state index contributed by atoms with van der Waals surface area (Å²) in [6.45, 7) is 3.66. The first kappa shape index (κ1) is 17.1. The topological polar surface area (TPSA) is 59.4 Å². The van der Waals surface area contributed by atoms with Gasteiger partial charge in [0.25, 0.3) is 0 Å². The summed E-state index contributed by atoms with van der Waals surface area (Å²) in [6.07, 6.45) is 3.60. The van der Waals surface area contributed by atoms with Gasteiger partial charge in [0.1, 0.15) is 5.75 Å². The van der Waals surface area contributed by atoms with E-state index in [1.165, 1.54) is 5.56 Å². The van der Waals surface area contributed by atoms with Crippen LogP contribution in [-0.4, -0.2) is 53.9 Å². The number of benzene rings is 1. The van der Waals surface area contributed by atoms with Crippen molar-refractivity contribution in [2.75, 3.05) is 33.3 Å². The maximum Gasteiger partial charge on any atom is 0.222 e. The highest BCUT2D eigenvalue weighted by Gasteiger charge is 2.33. The number of aryl methyl sites for hydroxylation is 1. The molecule has 2 saturated heterocycles. The Hall–Kier alpha value is -2.34. The molecule has 2 aliphatic heterocycles. The maximum atomic E-state index is 12.4. The zero-order valence-corrected chi connectivity index (χ0v) is 15.4. The van der Waals surface area contributed by atoms with Crippen LogP contribution in [0.4, 0.5) is 0 Å². The number of ether oxygens (including phenoxy) is 1. The van der Waals surface area contributed by atoms with Gasteiger partial charge in [-0.25, -0.2) is 0 Å². The number of aromatic nitrogens is 2. The van der Waals surface area contributed by atoms with Crippen LogP contribution in [0.5, 0.6) is 5.75 Å². The second-order valence-corrected chi connectivity index (χ2v) is 7.36. The van der Waals surface area contributed by atoms with E-state index >= 15 is 0 Å². The molecule has 0 aliphatic carbocycles. The van der Waals surface area contributed by atoms with Crippen molar-refractivity contribution in [3.63, 3.8) is 0 Å². The number of hydrogen-bond acceptors (Lipinski definition) is 4. The second kappa shape index (κ2) is 7.11. The smallest absolute Gasteiger partial charge is 0.222 e. The Bertz CT molecular complexity index is 789. The van der Waals surface area contributed by atoms with E-state index in [0.29, 0.717) is 24.2 Å². The fourth-order valence-corrected chi connectivity index (χ4v) is 3.98. The molecule has 2 aromatic rings. The van der Waals surface area contributed by atoms with E-state index in [4.69, 9.17) is 4.74 Å². The summed E-state index contributed by atoms with van der Waals surface area (Å²) in [7, 11) is 3.62. The van der Waals surface area contributed by atoms with Crippen molar-refractivity contribution in [1.82, 2.24) is 20.0 Å². The molecule has 1 N–H and O–H groups in total. The van der Waals surface area contributed by atoms with Crippen LogP contribution in [-0.2, 0) is 11.8 Å². The van der Waals surface area contributed by atoms with Crippen molar-refractivity contribution >= 4 is 5.91 Å². The molecular formula is C20H26N4O2. The molecule has 1 aromatic carbocycles. The number of amides is 1. The lowest BCUT2D eigenvalue weighted by Crippen LogP contribution is -2.49. The molecule has 1 atom stereocenters. The number of carbonyl (C=O) groups is 1. The molecular weight excluding hydrogens is 328 g/mol. The van der Waals surface area contributed by atoms with Crippen molar-refractivity contribution < 1.29 is 9.53 Å². The summed E-state index contributed by atoms with van der Waals surface area (Å²) in [5.41, 5.74) is 3.34. The molecule has 0 saturated carbocycles. The van der Waals surface area contributed by atoms with E-state index in [-0.39, 0.29) is 0 Å². The molecule has 0 radical (unpaired) electrons. The fourth-order valence-electron chi connectivity index (χ4n) is 3.98. The van der Waals surface area contributed by atoms with E-state index in [1.54, 1.807) is 13.3 Å². The molecule has 6 heteroatoms.